The summed E-state index contributed by atoms with van der Waals surface area (Å²) in [6.45, 7) is 3.63. The maximum Gasteiger partial charge on any atom is 0.256 e. The quantitative estimate of drug-likeness (QED) is 0.562. The Labute approximate surface area is 204 Å². The van der Waals surface area contributed by atoms with Gasteiger partial charge in [-0.15, -0.1) is 0 Å². The first-order valence-corrected chi connectivity index (χ1v) is 11.3. The van der Waals surface area contributed by atoms with Crippen LogP contribution in [-0.4, -0.2) is 52.3 Å². The van der Waals surface area contributed by atoms with Crippen LogP contribution in [0.15, 0.2) is 30.9 Å². The number of benzene rings is 1. The highest BCUT2D eigenvalue weighted by atomic mass is 35.5. The number of aromatic nitrogens is 4. The van der Waals surface area contributed by atoms with E-state index in [1.54, 1.807) is 19.3 Å². The molecule has 12 heteroatoms. The largest absolute Gasteiger partial charge is 0.471 e. The molecule has 2 fully saturated rings. The first kappa shape index (κ1) is 23.1. The van der Waals surface area contributed by atoms with Gasteiger partial charge in [0.25, 0.3) is 5.88 Å². The van der Waals surface area contributed by atoms with Gasteiger partial charge in [0.15, 0.2) is 5.82 Å². The van der Waals surface area contributed by atoms with Crippen LogP contribution >= 0.6 is 11.6 Å². The lowest BCUT2D eigenvalue weighted by molar-refractivity contribution is -0.0780. The third-order valence-corrected chi connectivity index (χ3v) is 6.28. The minimum absolute atomic E-state index is 0.00779. The summed E-state index contributed by atoms with van der Waals surface area (Å²) in [6, 6.07) is 4.43. The summed E-state index contributed by atoms with van der Waals surface area (Å²) in [5.41, 5.74) is 0.738. The Hall–Kier alpha value is -3.62. The standard InChI is InChI=1S/C23H20ClF2N7O2/c1-12-2-18(17(25)3-13(12)4-27)32-21-19(26)22(31-11-30-21)35-20-14-7-33(8-15(20)10-34-9-14)23-28-5-16(24)6-29-23/h2-3,5-6,11,14-15,20H,7-10H2,1H3,(H,30,31,32). The second kappa shape index (κ2) is 9.56. The van der Waals surface area contributed by atoms with E-state index in [9.17, 15) is 4.39 Å². The Kier molecular flexibility index (Phi) is 6.32. The number of halogens is 3. The molecular formula is C23H20ClF2N7O2. The number of nitrogens with zero attached hydrogens (tertiary/aromatic N) is 6. The number of aryl methyl sites for hydroxylation is 1. The van der Waals surface area contributed by atoms with Crippen molar-refractivity contribution in [1.82, 2.24) is 19.9 Å². The number of hydrogen-bond acceptors (Lipinski definition) is 9. The average Bonchev–Trinajstić information content (AvgIpc) is 2.84. The van der Waals surface area contributed by atoms with E-state index in [0.29, 0.717) is 42.8 Å². The number of fused-ring (bicyclic) bond motifs is 2. The van der Waals surface area contributed by atoms with Gasteiger partial charge in [-0.1, -0.05) is 11.6 Å². The minimum Gasteiger partial charge on any atom is -0.471 e. The molecule has 0 aliphatic carbocycles. The number of hydrogen-bond donors (Lipinski definition) is 1. The van der Waals surface area contributed by atoms with Crippen LogP contribution in [-0.2, 0) is 4.74 Å². The minimum atomic E-state index is -0.837. The molecule has 2 atom stereocenters. The van der Waals surface area contributed by atoms with Crippen LogP contribution in [0.1, 0.15) is 11.1 Å². The fourth-order valence-electron chi connectivity index (χ4n) is 4.40. The highest BCUT2D eigenvalue weighted by molar-refractivity contribution is 6.30. The maximum atomic E-state index is 15.3. The second-order valence-electron chi connectivity index (χ2n) is 8.47. The van der Waals surface area contributed by atoms with E-state index in [2.05, 4.69) is 25.3 Å². The maximum absolute atomic E-state index is 15.3. The van der Waals surface area contributed by atoms with Gasteiger partial charge in [0.05, 0.1) is 48.0 Å². The highest BCUT2D eigenvalue weighted by Crippen LogP contribution is 2.34. The van der Waals surface area contributed by atoms with Crippen molar-refractivity contribution in [1.29, 1.82) is 5.26 Å². The first-order valence-electron chi connectivity index (χ1n) is 10.9. The molecule has 1 N–H and O–H groups in total. The summed E-state index contributed by atoms with van der Waals surface area (Å²) in [6.07, 6.45) is 3.89. The van der Waals surface area contributed by atoms with Crippen LogP contribution in [0, 0.1) is 41.7 Å². The van der Waals surface area contributed by atoms with Crippen LogP contribution in [0.25, 0.3) is 0 Å². The highest BCUT2D eigenvalue weighted by Gasteiger charge is 2.43. The molecule has 35 heavy (non-hydrogen) atoms. The number of ether oxygens (including phenoxy) is 2. The second-order valence-corrected chi connectivity index (χ2v) is 8.91. The third-order valence-electron chi connectivity index (χ3n) is 6.09. The van der Waals surface area contributed by atoms with Crippen LogP contribution < -0.4 is 15.0 Å². The average molecular weight is 500 g/mol. The molecule has 4 heterocycles. The van der Waals surface area contributed by atoms with E-state index in [4.69, 9.17) is 26.3 Å². The van der Waals surface area contributed by atoms with Gasteiger partial charge < -0.3 is 19.7 Å². The summed E-state index contributed by atoms with van der Waals surface area (Å²) >= 11 is 5.90. The SMILES string of the molecule is Cc1cc(Nc2ncnc(OC3C4COCC3CN(c3ncc(Cl)cn3)C4)c2F)c(F)cc1C#N. The van der Waals surface area contributed by atoms with E-state index < -0.39 is 11.6 Å². The summed E-state index contributed by atoms with van der Waals surface area (Å²) in [5, 5.41) is 12.2. The number of piperidine rings is 1. The Morgan fingerprint density at radius 3 is 2.54 bits per heavy atom. The zero-order valence-electron chi connectivity index (χ0n) is 18.6. The molecule has 2 aromatic heterocycles. The van der Waals surface area contributed by atoms with E-state index in [0.717, 1.165) is 12.4 Å². The molecule has 0 spiro atoms. The molecule has 1 aromatic carbocycles. The van der Waals surface area contributed by atoms with Gasteiger partial charge in [-0.25, -0.2) is 19.3 Å². The molecule has 0 saturated carbocycles. The topological polar surface area (TPSA) is 109 Å². The zero-order chi connectivity index (χ0) is 24.5. The third kappa shape index (κ3) is 4.67. The Bertz CT molecular complexity index is 1270. The summed E-state index contributed by atoms with van der Waals surface area (Å²) in [7, 11) is 0. The molecule has 5 rings (SSSR count). The van der Waals surface area contributed by atoms with E-state index in [-0.39, 0.29) is 40.9 Å². The van der Waals surface area contributed by atoms with Crippen molar-refractivity contribution >= 4 is 29.1 Å². The van der Waals surface area contributed by atoms with Crippen molar-refractivity contribution in [2.24, 2.45) is 11.8 Å². The molecule has 180 valence electrons. The molecule has 2 bridgehead atoms. The van der Waals surface area contributed by atoms with Gasteiger partial charge >= 0.3 is 0 Å². The van der Waals surface area contributed by atoms with Crippen molar-refractivity contribution in [2.75, 3.05) is 36.5 Å². The first-order chi connectivity index (χ1) is 16.9. The van der Waals surface area contributed by atoms with E-state index in [1.807, 2.05) is 11.0 Å². The summed E-state index contributed by atoms with van der Waals surface area (Å²) in [5.74, 6) is -1.59. The van der Waals surface area contributed by atoms with Crippen LogP contribution in [0.5, 0.6) is 5.88 Å². The van der Waals surface area contributed by atoms with Crippen LogP contribution in [0.3, 0.4) is 0 Å². The van der Waals surface area contributed by atoms with Gasteiger partial charge in [-0.05, 0) is 24.6 Å². The number of nitriles is 1. The van der Waals surface area contributed by atoms with Crippen LogP contribution in [0.2, 0.25) is 5.02 Å². The molecule has 9 nitrogen and oxygen atoms in total. The lowest BCUT2D eigenvalue weighted by Gasteiger charge is -2.46. The van der Waals surface area contributed by atoms with Gasteiger partial charge in [-0.2, -0.15) is 14.6 Å². The van der Waals surface area contributed by atoms with Gasteiger partial charge in [0.2, 0.25) is 11.8 Å². The Balaban J connectivity index is 1.35. The van der Waals surface area contributed by atoms with Crippen molar-refractivity contribution in [2.45, 2.75) is 13.0 Å². The normalized spacial score (nSPS) is 21.3. The van der Waals surface area contributed by atoms with Crippen molar-refractivity contribution in [3.63, 3.8) is 0 Å². The van der Waals surface area contributed by atoms with Crippen molar-refractivity contribution < 1.29 is 18.3 Å². The van der Waals surface area contributed by atoms with Gasteiger partial charge in [-0.3, -0.25) is 0 Å². The Morgan fingerprint density at radius 2 is 1.86 bits per heavy atom. The number of nitrogens with one attached hydrogen (secondary N) is 1. The lowest BCUT2D eigenvalue weighted by atomic mass is 9.84. The van der Waals surface area contributed by atoms with Gasteiger partial charge in [0, 0.05) is 24.9 Å². The van der Waals surface area contributed by atoms with Gasteiger partial charge in [0.1, 0.15) is 18.2 Å². The smallest absolute Gasteiger partial charge is 0.256 e. The molecule has 0 amide bonds. The molecule has 2 aliphatic rings. The molecule has 2 unspecified atom stereocenters. The van der Waals surface area contributed by atoms with E-state index in [1.165, 1.54) is 6.07 Å². The predicted molar refractivity (Wildman–Crippen MR) is 123 cm³/mol. The number of rotatable bonds is 5. The zero-order valence-corrected chi connectivity index (χ0v) is 19.3. The fraction of sp³-hybridized carbons (Fsp3) is 0.348. The molecular weight excluding hydrogens is 480 g/mol. The summed E-state index contributed by atoms with van der Waals surface area (Å²) in [4.78, 5) is 18.5. The Morgan fingerprint density at radius 1 is 1.14 bits per heavy atom. The van der Waals surface area contributed by atoms with E-state index >= 15 is 4.39 Å². The van der Waals surface area contributed by atoms with Crippen LogP contribution in [0.4, 0.5) is 26.2 Å². The fourth-order valence-corrected chi connectivity index (χ4v) is 4.50. The van der Waals surface area contributed by atoms with Crippen molar-refractivity contribution in [3.05, 3.63) is 58.6 Å². The molecule has 2 aliphatic heterocycles. The number of anilines is 3. The molecule has 2 saturated heterocycles. The monoisotopic (exact) mass is 499 g/mol. The van der Waals surface area contributed by atoms with Crippen molar-refractivity contribution in [3.8, 4) is 11.9 Å². The summed E-state index contributed by atoms with van der Waals surface area (Å²) < 4.78 is 41.5. The molecule has 0 radical (unpaired) electrons. The predicted octanol–water partition coefficient (Wildman–Crippen LogP) is 3.65. The lowest BCUT2D eigenvalue weighted by Crippen LogP contribution is -2.58. The molecule has 3 aromatic rings.